The normalized spacial score (nSPS) is 11.0. The summed E-state index contributed by atoms with van der Waals surface area (Å²) in [4.78, 5) is 24.0. The van der Waals surface area contributed by atoms with Gasteiger partial charge < -0.3 is 10.1 Å². The molecule has 0 spiro atoms. The largest absolute Gasteiger partial charge is 0.494 e. The molecular weight excluding hydrogens is 394 g/mol. The van der Waals surface area contributed by atoms with Crippen LogP contribution in [0.2, 0.25) is 0 Å². The molecule has 0 radical (unpaired) electrons. The first-order valence-electron chi connectivity index (χ1n) is 11.6. The summed E-state index contributed by atoms with van der Waals surface area (Å²) >= 11 is 1.02. The first kappa shape index (κ1) is 26.3. The molecule has 0 aliphatic carbocycles. The van der Waals surface area contributed by atoms with Crippen molar-refractivity contribution >= 4 is 22.8 Å². The Morgan fingerprint density at radius 3 is 2.13 bits per heavy atom. The highest BCUT2D eigenvalue weighted by Gasteiger charge is 2.05. The van der Waals surface area contributed by atoms with Crippen LogP contribution in [0.15, 0.2) is 35.7 Å². The van der Waals surface area contributed by atoms with Gasteiger partial charge in [-0.15, -0.1) is 0 Å². The van der Waals surface area contributed by atoms with E-state index in [2.05, 4.69) is 19.2 Å². The lowest BCUT2D eigenvalue weighted by Crippen LogP contribution is -2.21. The molecule has 0 saturated heterocycles. The Balaban J connectivity index is 2.18. The average Bonchev–Trinajstić information content (AvgIpc) is 2.76. The number of thioether (sulfide) groups is 1. The maximum absolute atomic E-state index is 12.2. The molecule has 0 aromatic heterocycles. The maximum Gasteiger partial charge on any atom is 0.244 e. The molecule has 1 aromatic carbocycles. The van der Waals surface area contributed by atoms with Gasteiger partial charge >= 0.3 is 0 Å². The fraction of sp³-hybridized carbons (Fsp3) is 0.600. The number of hydrogen-bond acceptors (Lipinski definition) is 4. The summed E-state index contributed by atoms with van der Waals surface area (Å²) in [6.07, 6.45) is 14.6. The van der Waals surface area contributed by atoms with Gasteiger partial charge in [0.2, 0.25) is 11.0 Å². The predicted molar refractivity (Wildman–Crippen MR) is 128 cm³/mol. The highest BCUT2D eigenvalue weighted by Crippen LogP contribution is 2.18. The molecule has 1 N–H and O–H groups in total. The lowest BCUT2D eigenvalue weighted by atomic mass is 10.1. The van der Waals surface area contributed by atoms with Crippen LogP contribution < -0.4 is 10.1 Å². The number of hydrogen-bond donors (Lipinski definition) is 1. The summed E-state index contributed by atoms with van der Waals surface area (Å²) in [5, 5.41) is 4.34. The third-order valence-corrected chi connectivity index (χ3v) is 5.55. The first-order chi connectivity index (χ1) is 14.7. The minimum absolute atomic E-state index is 0.0823. The van der Waals surface area contributed by atoms with Crippen LogP contribution in [-0.4, -0.2) is 24.2 Å². The molecule has 5 heteroatoms. The number of carbonyl (C=O) groups excluding carboxylic acids is 2. The molecule has 0 fully saturated rings. The Bertz CT molecular complexity index is 613. The molecule has 1 rings (SSSR count). The average molecular weight is 434 g/mol. The van der Waals surface area contributed by atoms with Gasteiger partial charge in [0.1, 0.15) is 5.75 Å². The van der Waals surface area contributed by atoms with E-state index >= 15 is 0 Å². The van der Waals surface area contributed by atoms with Gasteiger partial charge in [0.25, 0.3) is 0 Å². The summed E-state index contributed by atoms with van der Waals surface area (Å²) in [5.74, 6) is 0.642. The van der Waals surface area contributed by atoms with E-state index < -0.39 is 0 Å². The van der Waals surface area contributed by atoms with E-state index in [4.69, 9.17) is 4.74 Å². The maximum atomic E-state index is 12.2. The van der Waals surface area contributed by atoms with E-state index in [1.807, 2.05) is 12.1 Å². The van der Waals surface area contributed by atoms with E-state index in [1.165, 1.54) is 57.4 Å². The number of ether oxygens (including phenoxy) is 1. The van der Waals surface area contributed by atoms with Crippen molar-refractivity contribution in [2.75, 3.05) is 13.2 Å². The third kappa shape index (κ3) is 13.5. The van der Waals surface area contributed by atoms with Gasteiger partial charge in [0, 0.05) is 18.2 Å². The van der Waals surface area contributed by atoms with Crippen LogP contribution in [0.5, 0.6) is 5.75 Å². The topological polar surface area (TPSA) is 55.4 Å². The number of carbonyl (C=O) groups is 2. The molecule has 168 valence electrons. The lowest BCUT2D eigenvalue weighted by Gasteiger charge is -2.06. The Morgan fingerprint density at radius 2 is 1.47 bits per heavy atom. The highest BCUT2D eigenvalue weighted by atomic mass is 32.2. The molecular formula is C25H39NO3S. The quantitative estimate of drug-likeness (QED) is 0.214. The molecule has 30 heavy (non-hydrogen) atoms. The fourth-order valence-electron chi connectivity index (χ4n) is 2.98. The monoisotopic (exact) mass is 433 g/mol. The number of benzene rings is 1. The van der Waals surface area contributed by atoms with E-state index in [9.17, 15) is 9.59 Å². The minimum Gasteiger partial charge on any atom is -0.494 e. The van der Waals surface area contributed by atoms with Crippen molar-refractivity contribution in [3.8, 4) is 5.75 Å². The van der Waals surface area contributed by atoms with E-state index in [0.29, 0.717) is 18.7 Å². The van der Waals surface area contributed by atoms with Crippen LogP contribution >= 0.6 is 11.8 Å². The van der Waals surface area contributed by atoms with Crippen molar-refractivity contribution in [2.24, 2.45) is 0 Å². The fourth-order valence-corrected chi connectivity index (χ4v) is 3.57. The zero-order chi connectivity index (χ0) is 21.9. The van der Waals surface area contributed by atoms with E-state index in [-0.39, 0.29) is 11.0 Å². The van der Waals surface area contributed by atoms with Crippen LogP contribution in [-0.2, 0) is 4.79 Å². The molecule has 0 saturated carbocycles. The number of amides is 1. The zero-order valence-corrected chi connectivity index (χ0v) is 19.6. The minimum atomic E-state index is -0.147. The van der Waals surface area contributed by atoms with Gasteiger partial charge in [-0.1, -0.05) is 83.4 Å². The highest BCUT2D eigenvalue weighted by molar-refractivity contribution is 8.16. The SMILES string of the molecule is CCCCCCCCNC(=O)C=CSC(=O)c1ccc(OCCCCCCC)cc1. The molecule has 0 atom stereocenters. The van der Waals surface area contributed by atoms with Crippen LogP contribution in [0.1, 0.15) is 94.8 Å². The Hall–Kier alpha value is -1.75. The molecule has 0 unspecified atom stereocenters. The summed E-state index contributed by atoms with van der Waals surface area (Å²) in [6.45, 7) is 5.81. The zero-order valence-electron chi connectivity index (χ0n) is 18.8. The van der Waals surface area contributed by atoms with Crippen LogP contribution in [0.3, 0.4) is 0 Å². The molecule has 0 aliphatic rings. The summed E-state index contributed by atoms with van der Waals surface area (Å²) in [5.41, 5.74) is 0.604. The van der Waals surface area contributed by atoms with E-state index in [0.717, 1.165) is 36.8 Å². The molecule has 0 bridgehead atoms. The summed E-state index contributed by atoms with van der Waals surface area (Å²) < 4.78 is 5.72. The molecule has 0 heterocycles. The number of rotatable bonds is 17. The number of nitrogens with one attached hydrogen (secondary N) is 1. The smallest absolute Gasteiger partial charge is 0.244 e. The van der Waals surface area contributed by atoms with Gasteiger partial charge in [0.05, 0.1) is 6.61 Å². The summed E-state index contributed by atoms with van der Waals surface area (Å²) in [7, 11) is 0. The predicted octanol–water partition coefficient (Wildman–Crippen LogP) is 6.90. The van der Waals surface area contributed by atoms with Gasteiger partial charge in [-0.3, -0.25) is 9.59 Å². The van der Waals surface area contributed by atoms with Crippen LogP contribution in [0.25, 0.3) is 0 Å². The van der Waals surface area contributed by atoms with Gasteiger partial charge in [-0.05, 0) is 42.5 Å². The number of unbranched alkanes of at least 4 members (excludes halogenated alkanes) is 9. The van der Waals surface area contributed by atoms with Crippen molar-refractivity contribution in [2.45, 2.75) is 84.5 Å². The second kappa shape index (κ2) is 18.1. The molecule has 1 aromatic rings. The first-order valence-corrected chi connectivity index (χ1v) is 12.4. The Kier molecular flexibility index (Phi) is 15.8. The third-order valence-electron chi connectivity index (χ3n) is 4.83. The Morgan fingerprint density at radius 1 is 0.867 bits per heavy atom. The van der Waals surface area contributed by atoms with Crippen LogP contribution in [0.4, 0.5) is 0 Å². The van der Waals surface area contributed by atoms with Crippen molar-refractivity contribution in [3.63, 3.8) is 0 Å². The standard InChI is InChI=1S/C25H39NO3S/c1-3-5-7-9-10-12-19-26-24(27)18-21-30-25(28)22-14-16-23(17-15-22)29-20-13-11-8-6-4-2/h14-18,21H,3-13,19-20H2,1-2H3,(H,26,27). The molecule has 4 nitrogen and oxygen atoms in total. The van der Waals surface area contributed by atoms with Crippen molar-refractivity contribution in [1.29, 1.82) is 0 Å². The lowest BCUT2D eigenvalue weighted by molar-refractivity contribution is -0.116. The van der Waals surface area contributed by atoms with Crippen LogP contribution in [0, 0.1) is 0 Å². The van der Waals surface area contributed by atoms with Gasteiger partial charge in [-0.2, -0.15) is 0 Å². The van der Waals surface area contributed by atoms with Crippen molar-refractivity contribution < 1.29 is 14.3 Å². The van der Waals surface area contributed by atoms with Gasteiger partial charge in [0.15, 0.2) is 0 Å². The van der Waals surface area contributed by atoms with Gasteiger partial charge in [-0.25, -0.2) is 0 Å². The second-order valence-corrected chi connectivity index (χ2v) is 8.43. The molecule has 0 aliphatic heterocycles. The second-order valence-electron chi connectivity index (χ2n) is 7.55. The van der Waals surface area contributed by atoms with E-state index in [1.54, 1.807) is 17.5 Å². The van der Waals surface area contributed by atoms with Crippen molar-refractivity contribution in [3.05, 3.63) is 41.3 Å². The summed E-state index contributed by atoms with van der Waals surface area (Å²) in [6, 6.07) is 7.20. The Labute approximate surface area is 187 Å². The van der Waals surface area contributed by atoms with Crippen molar-refractivity contribution in [1.82, 2.24) is 5.32 Å². The molecule has 1 amide bonds.